The number of ether oxygens (including phenoxy) is 1. The van der Waals surface area contributed by atoms with E-state index >= 15 is 0 Å². The van der Waals surface area contributed by atoms with Crippen molar-refractivity contribution in [2.75, 3.05) is 0 Å². The smallest absolute Gasteiger partial charge is 0.264 e. The van der Waals surface area contributed by atoms with Gasteiger partial charge in [0.25, 0.3) is 5.91 Å². The third-order valence-electron chi connectivity index (χ3n) is 5.32. The zero-order valence-corrected chi connectivity index (χ0v) is 22.2. The molecule has 1 saturated heterocycles. The highest BCUT2D eigenvalue weighted by atomic mass is 35.5. The number of thioether (sulfide) groups is 1. The van der Waals surface area contributed by atoms with Crippen LogP contribution in [0.1, 0.15) is 11.1 Å². The van der Waals surface area contributed by atoms with Gasteiger partial charge < -0.3 is 10.1 Å². The van der Waals surface area contributed by atoms with E-state index in [4.69, 9.17) is 51.1 Å². The third-order valence-corrected chi connectivity index (χ3v) is 7.60. The quantitative estimate of drug-likeness (QED) is 0.242. The van der Waals surface area contributed by atoms with Crippen LogP contribution in [-0.4, -0.2) is 11.1 Å². The minimum atomic E-state index is -0.291. The molecule has 4 nitrogen and oxygen atoms in total. The zero-order chi connectivity index (χ0) is 25.2. The molecule has 1 N–H and O–H groups in total. The lowest BCUT2D eigenvalue weighted by molar-refractivity contribution is -0.115. The minimum Gasteiger partial charge on any atom is -0.486 e. The molecule has 0 atom stereocenters. The van der Waals surface area contributed by atoms with Crippen LogP contribution >= 0.6 is 58.2 Å². The van der Waals surface area contributed by atoms with Crippen molar-refractivity contribution < 1.29 is 9.53 Å². The third kappa shape index (κ3) is 5.51. The highest BCUT2D eigenvalue weighted by molar-refractivity contribution is 8.18. The maximum atomic E-state index is 12.5. The lowest BCUT2D eigenvalue weighted by atomic mass is 10.1. The first-order valence-electron chi connectivity index (χ1n) is 10.7. The fourth-order valence-corrected chi connectivity index (χ4v) is 5.39. The van der Waals surface area contributed by atoms with Gasteiger partial charge in [0.15, 0.2) is 10.9 Å². The van der Waals surface area contributed by atoms with E-state index in [9.17, 15) is 4.79 Å². The van der Waals surface area contributed by atoms with E-state index in [1.165, 1.54) is 11.8 Å². The average Bonchev–Trinajstić information content (AvgIpc) is 3.19. The van der Waals surface area contributed by atoms with Gasteiger partial charge in [0.1, 0.15) is 6.61 Å². The fraction of sp³-hybridized carbons (Fsp3) is 0.0370. The van der Waals surface area contributed by atoms with E-state index in [0.29, 0.717) is 53.8 Å². The number of carbonyl (C=O) groups is 1. The molecular formula is C27H16Cl4N2O2S. The Hall–Kier alpha value is -2.67. The summed E-state index contributed by atoms with van der Waals surface area (Å²) in [5, 5.41) is 6.80. The molecule has 0 unspecified atom stereocenters. The summed E-state index contributed by atoms with van der Waals surface area (Å²) in [5.41, 5.74) is 2.12. The van der Waals surface area contributed by atoms with E-state index < -0.39 is 0 Å². The second-order valence-electron chi connectivity index (χ2n) is 7.84. The molecular weight excluding hydrogens is 558 g/mol. The van der Waals surface area contributed by atoms with Crippen molar-refractivity contribution in [2.24, 2.45) is 4.99 Å². The van der Waals surface area contributed by atoms with Gasteiger partial charge in [0.05, 0.1) is 30.7 Å². The molecule has 0 spiro atoms. The van der Waals surface area contributed by atoms with Crippen LogP contribution in [0, 0.1) is 0 Å². The fourth-order valence-electron chi connectivity index (χ4n) is 3.60. The number of nitrogens with one attached hydrogen (secondary N) is 1. The zero-order valence-electron chi connectivity index (χ0n) is 18.4. The van der Waals surface area contributed by atoms with Gasteiger partial charge in [-0.05, 0) is 70.1 Å². The van der Waals surface area contributed by atoms with Crippen molar-refractivity contribution >= 4 is 91.8 Å². The van der Waals surface area contributed by atoms with Crippen molar-refractivity contribution in [2.45, 2.75) is 6.61 Å². The minimum absolute atomic E-state index is 0.291. The second kappa shape index (κ2) is 10.8. The molecule has 0 aromatic heterocycles. The van der Waals surface area contributed by atoms with Crippen LogP contribution in [-0.2, 0) is 11.4 Å². The maximum absolute atomic E-state index is 12.5. The number of hydrogen-bond acceptors (Lipinski definition) is 4. The van der Waals surface area contributed by atoms with Crippen molar-refractivity contribution in [3.8, 4) is 5.75 Å². The summed E-state index contributed by atoms with van der Waals surface area (Å²) in [4.78, 5) is 17.3. The Kier molecular flexibility index (Phi) is 7.47. The predicted molar refractivity (Wildman–Crippen MR) is 152 cm³/mol. The molecule has 1 aliphatic rings. The van der Waals surface area contributed by atoms with Crippen LogP contribution in [0.15, 0.2) is 82.7 Å². The molecule has 4 aromatic rings. The van der Waals surface area contributed by atoms with Crippen LogP contribution < -0.4 is 10.1 Å². The van der Waals surface area contributed by atoms with E-state index in [0.717, 1.165) is 16.3 Å². The van der Waals surface area contributed by atoms with Crippen LogP contribution in [0.4, 0.5) is 5.69 Å². The Labute approximate surface area is 231 Å². The number of rotatable bonds is 5. The Morgan fingerprint density at radius 3 is 2.39 bits per heavy atom. The number of carbonyl (C=O) groups excluding carboxylic acids is 1. The van der Waals surface area contributed by atoms with Crippen LogP contribution in [0.3, 0.4) is 0 Å². The number of nitrogens with zero attached hydrogens (tertiary/aromatic N) is 1. The molecule has 36 heavy (non-hydrogen) atoms. The normalized spacial score (nSPS) is 15.6. The van der Waals surface area contributed by atoms with Gasteiger partial charge in [-0.15, -0.1) is 0 Å². The molecule has 1 heterocycles. The lowest BCUT2D eigenvalue weighted by Gasteiger charge is -2.12. The summed E-state index contributed by atoms with van der Waals surface area (Å²) < 4.78 is 5.94. The molecule has 4 aromatic carbocycles. The standard InChI is InChI=1S/C27H16Cl4N2O2S/c28-19-6-3-7-22(24(19)31)32-27-33-26(34)23(36-27)13-16-11-20(29)25(21(30)12-16)35-14-15-8-9-17-4-1-2-5-18(17)10-15/h1-13H,14H2,(H,32,33,34)/b23-13+. The molecule has 0 aliphatic carbocycles. The second-order valence-corrected chi connectivity index (χ2v) is 10.5. The summed E-state index contributed by atoms with van der Waals surface area (Å²) in [6, 6.07) is 22.8. The van der Waals surface area contributed by atoms with Crippen molar-refractivity contribution in [1.82, 2.24) is 5.32 Å². The van der Waals surface area contributed by atoms with Crippen LogP contribution in [0.25, 0.3) is 16.8 Å². The van der Waals surface area contributed by atoms with Crippen molar-refractivity contribution in [3.63, 3.8) is 0 Å². The first-order valence-corrected chi connectivity index (χ1v) is 13.0. The molecule has 5 rings (SSSR count). The molecule has 1 fully saturated rings. The monoisotopic (exact) mass is 572 g/mol. The largest absolute Gasteiger partial charge is 0.486 e. The topological polar surface area (TPSA) is 50.7 Å². The van der Waals surface area contributed by atoms with Gasteiger partial charge in [-0.2, -0.15) is 0 Å². The van der Waals surface area contributed by atoms with Crippen LogP contribution in [0.5, 0.6) is 5.75 Å². The van der Waals surface area contributed by atoms with E-state index in [2.05, 4.69) is 34.6 Å². The van der Waals surface area contributed by atoms with Gasteiger partial charge in [0.2, 0.25) is 0 Å². The van der Waals surface area contributed by atoms with Gasteiger partial charge in [0, 0.05) is 0 Å². The Morgan fingerprint density at radius 1 is 0.861 bits per heavy atom. The average molecular weight is 574 g/mol. The number of amidine groups is 1. The molecule has 1 amide bonds. The van der Waals surface area contributed by atoms with Crippen molar-refractivity contribution in [1.29, 1.82) is 0 Å². The number of benzene rings is 4. The molecule has 0 bridgehead atoms. The number of aliphatic imine (C=N–C) groups is 1. The summed E-state index contributed by atoms with van der Waals surface area (Å²) in [6.07, 6.45) is 1.69. The van der Waals surface area contributed by atoms with Gasteiger partial charge in [-0.1, -0.05) is 88.9 Å². The summed E-state index contributed by atoms with van der Waals surface area (Å²) in [7, 11) is 0. The summed E-state index contributed by atoms with van der Waals surface area (Å²) in [5.74, 6) is 0.0933. The van der Waals surface area contributed by atoms with E-state index in [1.54, 1.807) is 36.4 Å². The number of amides is 1. The highest BCUT2D eigenvalue weighted by Gasteiger charge is 2.24. The maximum Gasteiger partial charge on any atom is 0.264 e. The SMILES string of the molecule is O=C1NC(=Nc2cccc(Cl)c2Cl)S/C1=C/c1cc(Cl)c(OCc2ccc3ccccc3c2)c(Cl)c1. The highest BCUT2D eigenvalue weighted by Crippen LogP contribution is 2.38. The number of hydrogen-bond donors (Lipinski definition) is 1. The van der Waals surface area contributed by atoms with E-state index in [1.807, 2.05) is 18.2 Å². The first kappa shape index (κ1) is 25.0. The summed E-state index contributed by atoms with van der Waals surface area (Å²) in [6.45, 7) is 0.314. The molecule has 0 radical (unpaired) electrons. The molecule has 1 aliphatic heterocycles. The van der Waals surface area contributed by atoms with Gasteiger partial charge in [-0.25, -0.2) is 4.99 Å². The Morgan fingerprint density at radius 2 is 1.61 bits per heavy atom. The van der Waals surface area contributed by atoms with Gasteiger partial charge >= 0.3 is 0 Å². The Bertz CT molecular complexity index is 1550. The first-order chi connectivity index (χ1) is 17.4. The van der Waals surface area contributed by atoms with Crippen molar-refractivity contribution in [3.05, 3.63) is 109 Å². The molecule has 9 heteroatoms. The Balaban J connectivity index is 1.32. The number of halogens is 4. The van der Waals surface area contributed by atoms with Gasteiger partial charge in [-0.3, -0.25) is 4.79 Å². The molecule has 180 valence electrons. The van der Waals surface area contributed by atoms with E-state index in [-0.39, 0.29) is 5.91 Å². The van der Waals surface area contributed by atoms with Crippen LogP contribution in [0.2, 0.25) is 20.1 Å². The lowest BCUT2D eigenvalue weighted by Crippen LogP contribution is -2.19. The number of fused-ring (bicyclic) bond motifs is 1. The predicted octanol–water partition coefficient (Wildman–Crippen LogP) is 8.92. The summed E-state index contributed by atoms with van der Waals surface area (Å²) >= 11 is 26.4. The molecule has 0 saturated carbocycles.